The van der Waals surface area contributed by atoms with Gasteiger partial charge in [-0.1, -0.05) is 11.6 Å². The van der Waals surface area contributed by atoms with E-state index in [0.29, 0.717) is 0 Å². The second-order valence-corrected chi connectivity index (χ2v) is 2.31. The smallest absolute Gasteiger partial charge is 0.290 e. The van der Waals surface area contributed by atoms with Crippen molar-refractivity contribution < 1.29 is 14.7 Å². The lowest BCUT2D eigenvalue weighted by Crippen LogP contribution is -2.19. The number of hydrogen-bond acceptors (Lipinski definition) is 4. The maximum atomic E-state index is 10.9. The molecule has 0 aliphatic carbocycles. The lowest BCUT2D eigenvalue weighted by atomic mass is 10.4. The van der Waals surface area contributed by atoms with Crippen LogP contribution in [0.15, 0.2) is 12.1 Å². The number of aromatic nitrogens is 2. The van der Waals surface area contributed by atoms with Crippen LogP contribution in [-0.2, 0) is 4.79 Å². The Kier molecular flexibility index (Phi) is 5.97. The molecule has 0 saturated heterocycles. The van der Waals surface area contributed by atoms with Gasteiger partial charge in [0.15, 0.2) is 10.8 Å². The molecule has 1 amide bonds. The number of nitrogens with one attached hydrogen (secondary N) is 1. The minimum Gasteiger partial charge on any atom is -0.483 e. The SMILES string of the molecule is CNC(=O)c1ccc(Cl)nn1.O=CO. The van der Waals surface area contributed by atoms with E-state index < -0.39 is 0 Å². The Labute approximate surface area is 84.9 Å². The molecule has 0 radical (unpaired) electrons. The van der Waals surface area contributed by atoms with Gasteiger partial charge in [0.25, 0.3) is 12.4 Å². The van der Waals surface area contributed by atoms with Gasteiger partial charge in [0, 0.05) is 7.05 Å². The summed E-state index contributed by atoms with van der Waals surface area (Å²) in [6, 6.07) is 3.02. The summed E-state index contributed by atoms with van der Waals surface area (Å²) in [6.07, 6.45) is 0. The van der Waals surface area contributed by atoms with E-state index in [4.69, 9.17) is 21.5 Å². The molecule has 0 aromatic carbocycles. The average molecular weight is 218 g/mol. The summed E-state index contributed by atoms with van der Waals surface area (Å²) in [5.74, 6) is -0.269. The molecule has 0 fully saturated rings. The van der Waals surface area contributed by atoms with Gasteiger partial charge < -0.3 is 10.4 Å². The normalized spacial score (nSPS) is 8.14. The maximum Gasteiger partial charge on any atom is 0.290 e. The summed E-state index contributed by atoms with van der Waals surface area (Å²) < 4.78 is 0. The van der Waals surface area contributed by atoms with Crippen molar-refractivity contribution in [2.45, 2.75) is 0 Å². The number of nitrogens with zero attached hydrogens (tertiary/aromatic N) is 2. The number of carbonyl (C=O) groups is 2. The highest BCUT2D eigenvalue weighted by Gasteiger charge is 2.03. The van der Waals surface area contributed by atoms with E-state index in [1.165, 1.54) is 19.2 Å². The second-order valence-electron chi connectivity index (χ2n) is 1.93. The van der Waals surface area contributed by atoms with Crippen LogP contribution < -0.4 is 5.32 Å². The highest BCUT2D eigenvalue weighted by molar-refractivity contribution is 6.29. The van der Waals surface area contributed by atoms with Gasteiger partial charge in [0.1, 0.15) is 0 Å². The first kappa shape index (κ1) is 12.3. The van der Waals surface area contributed by atoms with Gasteiger partial charge in [-0.3, -0.25) is 9.59 Å². The van der Waals surface area contributed by atoms with Crippen molar-refractivity contribution in [3.05, 3.63) is 23.0 Å². The first-order valence-electron chi connectivity index (χ1n) is 3.44. The van der Waals surface area contributed by atoms with Gasteiger partial charge in [0.05, 0.1) is 0 Å². The largest absolute Gasteiger partial charge is 0.483 e. The first-order chi connectivity index (χ1) is 6.65. The molecule has 7 heteroatoms. The fourth-order valence-corrected chi connectivity index (χ4v) is 0.666. The molecule has 1 rings (SSSR count). The molecule has 0 unspecified atom stereocenters. The molecule has 0 aliphatic heterocycles. The zero-order valence-corrected chi connectivity index (χ0v) is 8.02. The molecular weight excluding hydrogens is 210 g/mol. The Bertz CT molecular complexity index is 302. The minimum atomic E-state index is -0.269. The van der Waals surface area contributed by atoms with E-state index in [2.05, 4.69) is 15.5 Å². The lowest BCUT2D eigenvalue weighted by molar-refractivity contribution is -0.122. The van der Waals surface area contributed by atoms with Crippen LogP contribution in [-0.4, -0.2) is 34.7 Å². The zero-order valence-electron chi connectivity index (χ0n) is 7.27. The van der Waals surface area contributed by atoms with Gasteiger partial charge in [-0.15, -0.1) is 10.2 Å². The predicted octanol–water partition coefficient (Wildman–Crippen LogP) is 0.190. The summed E-state index contributed by atoms with van der Waals surface area (Å²) >= 11 is 5.45. The fourth-order valence-electron chi connectivity index (χ4n) is 0.565. The molecule has 1 heterocycles. The van der Waals surface area contributed by atoms with Crippen LogP contribution in [0.5, 0.6) is 0 Å². The Morgan fingerprint density at radius 3 is 2.50 bits per heavy atom. The van der Waals surface area contributed by atoms with Crippen LogP contribution in [0.4, 0.5) is 0 Å². The number of carboxylic acid groups (broad SMARTS) is 1. The van der Waals surface area contributed by atoms with Crippen molar-refractivity contribution in [1.29, 1.82) is 0 Å². The molecule has 0 saturated carbocycles. The number of rotatable bonds is 1. The second kappa shape index (κ2) is 6.79. The summed E-state index contributed by atoms with van der Waals surface area (Å²) in [6.45, 7) is -0.250. The molecule has 1 aromatic heterocycles. The Hall–Kier alpha value is -1.69. The summed E-state index contributed by atoms with van der Waals surface area (Å²) in [5, 5.41) is 16.6. The van der Waals surface area contributed by atoms with Crippen molar-refractivity contribution in [1.82, 2.24) is 15.5 Å². The molecule has 76 valence electrons. The van der Waals surface area contributed by atoms with Gasteiger partial charge in [-0.2, -0.15) is 0 Å². The lowest BCUT2D eigenvalue weighted by Gasteiger charge is -1.95. The number of carbonyl (C=O) groups excluding carboxylic acids is 1. The van der Waals surface area contributed by atoms with Crippen molar-refractivity contribution in [2.24, 2.45) is 0 Å². The number of halogens is 1. The Balaban J connectivity index is 0.000000500. The standard InChI is InChI=1S/C6H6ClN3O.CH2O2/c1-8-6(11)4-2-3-5(7)10-9-4;2-1-3/h2-3H,1H3,(H,8,11);1H,(H,2,3). The summed E-state index contributed by atoms with van der Waals surface area (Å²) in [5.41, 5.74) is 0.261. The average Bonchev–Trinajstić information content (AvgIpc) is 2.19. The zero-order chi connectivity index (χ0) is 11.0. The monoisotopic (exact) mass is 217 g/mol. The summed E-state index contributed by atoms with van der Waals surface area (Å²) in [7, 11) is 1.53. The first-order valence-corrected chi connectivity index (χ1v) is 3.82. The van der Waals surface area contributed by atoms with Crippen LogP contribution in [0.3, 0.4) is 0 Å². The van der Waals surface area contributed by atoms with E-state index >= 15 is 0 Å². The minimum absolute atomic E-state index is 0.250. The maximum absolute atomic E-state index is 10.9. The van der Waals surface area contributed by atoms with Gasteiger partial charge in [-0.05, 0) is 12.1 Å². The van der Waals surface area contributed by atoms with Gasteiger partial charge in [0.2, 0.25) is 0 Å². The number of hydrogen-bond donors (Lipinski definition) is 2. The van der Waals surface area contributed by atoms with E-state index in [1.54, 1.807) is 0 Å². The van der Waals surface area contributed by atoms with Crippen LogP contribution in [0.1, 0.15) is 10.5 Å². The molecule has 0 spiro atoms. The highest BCUT2D eigenvalue weighted by Crippen LogP contribution is 2.01. The number of amides is 1. The van der Waals surface area contributed by atoms with Crippen LogP contribution in [0.2, 0.25) is 5.15 Å². The van der Waals surface area contributed by atoms with Crippen molar-refractivity contribution in [2.75, 3.05) is 7.05 Å². The van der Waals surface area contributed by atoms with Gasteiger partial charge >= 0.3 is 0 Å². The summed E-state index contributed by atoms with van der Waals surface area (Å²) in [4.78, 5) is 19.2. The van der Waals surface area contributed by atoms with E-state index in [0.717, 1.165) is 0 Å². The van der Waals surface area contributed by atoms with Crippen LogP contribution >= 0.6 is 11.6 Å². The third-order valence-electron chi connectivity index (χ3n) is 1.09. The molecule has 2 N–H and O–H groups in total. The molecule has 0 bridgehead atoms. The quantitative estimate of drug-likeness (QED) is 0.655. The molecule has 0 aliphatic rings. The molecule has 14 heavy (non-hydrogen) atoms. The van der Waals surface area contributed by atoms with Crippen molar-refractivity contribution in [3.63, 3.8) is 0 Å². The highest BCUT2D eigenvalue weighted by atomic mass is 35.5. The van der Waals surface area contributed by atoms with E-state index in [9.17, 15) is 4.79 Å². The Morgan fingerprint density at radius 2 is 2.14 bits per heavy atom. The van der Waals surface area contributed by atoms with Crippen LogP contribution in [0, 0.1) is 0 Å². The molecule has 6 nitrogen and oxygen atoms in total. The van der Waals surface area contributed by atoms with Crippen molar-refractivity contribution >= 4 is 24.0 Å². The van der Waals surface area contributed by atoms with E-state index in [1.807, 2.05) is 0 Å². The topological polar surface area (TPSA) is 92.2 Å². The predicted molar refractivity (Wildman–Crippen MR) is 49.1 cm³/mol. The van der Waals surface area contributed by atoms with E-state index in [-0.39, 0.29) is 23.2 Å². The van der Waals surface area contributed by atoms with Gasteiger partial charge in [-0.25, -0.2) is 0 Å². The third kappa shape index (κ3) is 4.36. The molecule has 1 aromatic rings. The molecular formula is C7H8ClN3O3. The third-order valence-corrected chi connectivity index (χ3v) is 1.29. The fraction of sp³-hybridized carbons (Fsp3) is 0.143. The molecule has 0 atom stereocenters. The Morgan fingerprint density at radius 1 is 1.57 bits per heavy atom. The van der Waals surface area contributed by atoms with Crippen LogP contribution in [0.25, 0.3) is 0 Å². The van der Waals surface area contributed by atoms with Crippen molar-refractivity contribution in [3.8, 4) is 0 Å².